The topological polar surface area (TPSA) is 12.4 Å². The first-order chi connectivity index (χ1) is 5.49. The van der Waals surface area contributed by atoms with E-state index in [-0.39, 0.29) is 0 Å². The number of allylic oxidation sites excluding steroid dienone is 2. The summed E-state index contributed by atoms with van der Waals surface area (Å²) in [6.45, 7) is 12.2. The molecule has 0 bridgehead atoms. The Bertz CT molecular complexity index is 192. The summed E-state index contributed by atoms with van der Waals surface area (Å²) in [5, 5.41) is 0. The van der Waals surface area contributed by atoms with Crippen molar-refractivity contribution in [2.45, 2.75) is 34.1 Å². The van der Waals surface area contributed by atoms with Crippen molar-refractivity contribution in [2.75, 3.05) is 0 Å². The minimum absolute atomic E-state index is 0.293. The molecule has 0 unspecified atom stereocenters. The molecule has 0 N–H and O–H groups in total. The number of hydrogen-bond acceptors (Lipinski definition) is 1. The molecule has 0 saturated heterocycles. The van der Waals surface area contributed by atoms with Crippen LogP contribution in [0.1, 0.15) is 34.1 Å². The van der Waals surface area contributed by atoms with Crippen LogP contribution in [-0.4, -0.2) is 5.71 Å². The predicted molar refractivity (Wildman–Crippen MR) is 56.5 cm³/mol. The molecule has 0 aromatic carbocycles. The Morgan fingerprint density at radius 1 is 1.42 bits per heavy atom. The molecule has 0 amide bonds. The van der Waals surface area contributed by atoms with Gasteiger partial charge in [-0.15, -0.1) is 0 Å². The maximum atomic E-state index is 4.19. The average Bonchev–Trinajstić information content (AvgIpc) is 1.84. The van der Waals surface area contributed by atoms with Crippen LogP contribution in [0.25, 0.3) is 0 Å². The van der Waals surface area contributed by atoms with E-state index in [1.807, 2.05) is 19.1 Å². The van der Waals surface area contributed by atoms with Gasteiger partial charge in [0, 0.05) is 11.9 Å². The fourth-order valence-electron chi connectivity index (χ4n) is 1.00. The lowest BCUT2D eigenvalue weighted by Crippen LogP contribution is -2.10. The van der Waals surface area contributed by atoms with Crippen LogP contribution in [0.5, 0.6) is 0 Å². The molecule has 0 radical (unpaired) electrons. The van der Waals surface area contributed by atoms with Crippen LogP contribution >= 0.6 is 0 Å². The van der Waals surface area contributed by atoms with Gasteiger partial charge < -0.3 is 0 Å². The van der Waals surface area contributed by atoms with E-state index in [0.29, 0.717) is 5.41 Å². The highest BCUT2D eigenvalue weighted by Crippen LogP contribution is 2.19. The average molecular weight is 165 g/mol. The first kappa shape index (κ1) is 11.2. The number of aliphatic imine (C=N–C) groups is 1. The highest BCUT2D eigenvalue weighted by atomic mass is 14.7. The summed E-state index contributed by atoms with van der Waals surface area (Å²) >= 11 is 0. The SMILES string of the molecule is C=C/N=C(\C=C/C)CC(C)(C)C. The summed E-state index contributed by atoms with van der Waals surface area (Å²) in [6.07, 6.45) is 6.63. The molecular weight excluding hydrogens is 146 g/mol. The van der Waals surface area contributed by atoms with Crippen LogP contribution in [0.15, 0.2) is 29.9 Å². The van der Waals surface area contributed by atoms with Gasteiger partial charge in [0.15, 0.2) is 0 Å². The van der Waals surface area contributed by atoms with Crippen LogP contribution < -0.4 is 0 Å². The molecule has 0 aliphatic rings. The van der Waals surface area contributed by atoms with Gasteiger partial charge in [-0.2, -0.15) is 0 Å². The van der Waals surface area contributed by atoms with Gasteiger partial charge in [-0.25, -0.2) is 0 Å². The molecule has 0 aromatic rings. The third-order valence-electron chi connectivity index (χ3n) is 1.33. The molecule has 68 valence electrons. The highest BCUT2D eigenvalue weighted by molar-refractivity contribution is 5.95. The molecule has 0 aliphatic heterocycles. The maximum Gasteiger partial charge on any atom is 0.0405 e. The third-order valence-corrected chi connectivity index (χ3v) is 1.33. The van der Waals surface area contributed by atoms with Crippen molar-refractivity contribution in [1.29, 1.82) is 0 Å². The van der Waals surface area contributed by atoms with Crippen LogP contribution in [-0.2, 0) is 0 Å². The second-order valence-electron chi connectivity index (χ2n) is 4.04. The zero-order valence-electron chi connectivity index (χ0n) is 8.59. The van der Waals surface area contributed by atoms with Gasteiger partial charge >= 0.3 is 0 Å². The molecule has 1 heteroatoms. The van der Waals surface area contributed by atoms with E-state index in [4.69, 9.17) is 0 Å². The quantitative estimate of drug-likeness (QED) is 0.567. The molecule has 1 nitrogen and oxygen atoms in total. The van der Waals surface area contributed by atoms with E-state index in [2.05, 4.69) is 32.3 Å². The van der Waals surface area contributed by atoms with E-state index in [9.17, 15) is 0 Å². The summed E-state index contributed by atoms with van der Waals surface area (Å²) in [7, 11) is 0. The van der Waals surface area contributed by atoms with Crippen molar-refractivity contribution in [2.24, 2.45) is 10.4 Å². The predicted octanol–water partition coefficient (Wildman–Crippen LogP) is 3.58. The van der Waals surface area contributed by atoms with Gasteiger partial charge in [0.05, 0.1) is 0 Å². The van der Waals surface area contributed by atoms with Gasteiger partial charge in [-0.1, -0.05) is 33.4 Å². The van der Waals surface area contributed by atoms with Crippen molar-refractivity contribution in [3.05, 3.63) is 24.9 Å². The lowest BCUT2D eigenvalue weighted by Gasteiger charge is -2.17. The van der Waals surface area contributed by atoms with Crippen molar-refractivity contribution < 1.29 is 0 Å². The number of rotatable bonds is 3. The molecule has 0 aromatic heterocycles. The van der Waals surface area contributed by atoms with Crippen LogP contribution in [0.3, 0.4) is 0 Å². The first-order valence-corrected chi connectivity index (χ1v) is 4.30. The molecule has 0 heterocycles. The smallest absolute Gasteiger partial charge is 0.0405 e. The summed E-state index contributed by atoms with van der Waals surface area (Å²) in [5.41, 5.74) is 1.39. The first-order valence-electron chi connectivity index (χ1n) is 4.30. The molecule has 0 atom stereocenters. The monoisotopic (exact) mass is 165 g/mol. The third kappa shape index (κ3) is 5.90. The zero-order valence-corrected chi connectivity index (χ0v) is 8.59. The molecular formula is C11H19N. The van der Waals surface area contributed by atoms with Gasteiger partial charge in [-0.05, 0) is 24.8 Å². The van der Waals surface area contributed by atoms with E-state index in [1.54, 1.807) is 6.20 Å². The van der Waals surface area contributed by atoms with E-state index < -0.39 is 0 Å². The largest absolute Gasteiger partial charge is 0.262 e. The Balaban J connectivity index is 4.34. The molecule has 0 saturated carbocycles. The Morgan fingerprint density at radius 3 is 2.33 bits per heavy atom. The van der Waals surface area contributed by atoms with Crippen molar-refractivity contribution in [3.8, 4) is 0 Å². The number of nitrogens with zero attached hydrogens (tertiary/aromatic N) is 1. The molecule has 0 rings (SSSR count). The minimum Gasteiger partial charge on any atom is -0.262 e. The molecule has 0 spiro atoms. The normalized spacial score (nSPS) is 13.8. The van der Waals surface area contributed by atoms with Crippen molar-refractivity contribution in [1.82, 2.24) is 0 Å². The Labute approximate surface area is 75.9 Å². The fourth-order valence-corrected chi connectivity index (χ4v) is 1.00. The van der Waals surface area contributed by atoms with Gasteiger partial charge in [0.25, 0.3) is 0 Å². The molecule has 0 fully saturated rings. The lowest BCUT2D eigenvalue weighted by atomic mass is 9.89. The minimum atomic E-state index is 0.293. The van der Waals surface area contributed by atoms with Crippen LogP contribution in [0.2, 0.25) is 0 Å². The summed E-state index contributed by atoms with van der Waals surface area (Å²) < 4.78 is 0. The zero-order chi connectivity index (χ0) is 9.61. The van der Waals surface area contributed by atoms with Gasteiger partial charge in [-0.3, -0.25) is 4.99 Å². The Hall–Kier alpha value is -0.850. The summed E-state index contributed by atoms with van der Waals surface area (Å²) in [4.78, 5) is 4.19. The highest BCUT2D eigenvalue weighted by Gasteiger charge is 2.11. The molecule has 12 heavy (non-hydrogen) atoms. The van der Waals surface area contributed by atoms with Crippen LogP contribution in [0, 0.1) is 5.41 Å². The summed E-state index contributed by atoms with van der Waals surface area (Å²) in [6, 6.07) is 0. The van der Waals surface area contributed by atoms with Gasteiger partial charge in [0.1, 0.15) is 0 Å². The van der Waals surface area contributed by atoms with E-state index >= 15 is 0 Å². The van der Waals surface area contributed by atoms with Gasteiger partial charge in [0.2, 0.25) is 0 Å². The van der Waals surface area contributed by atoms with Crippen molar-refractivity contribution >= 4 is 5.71 Å². The Morgan fingerprint density at radius 2 is 2.00 bits per heavy atom. The number of hydrogen-bond donors (Lipinski definition) is 0. The van der Waals surface area contributed by atoms with E-state index in [0.717, 1.165) is 12.1 Å². The second-order valence-corrected chi connectivity index (χ2v) is 4.04. The fraction of sp³-hybridized carbons (Fsp3) is 0.545. The standard InChI is InChI=1S/C11H19N/c1-6-8-10(12-7-2)9-11(3,4)5/h6-8H,2,9H2,1,3-5H3/b8-6-,12-10+. The molecule has 0 aliphatic carbocycles. The van der Waals surface area contributed by atoms with Crippen molar-refractivity contribution in [3.63, 3.8) is 0 Å². The summed E-state index contributed by atoms with van der Waals surface area (Å²) in [5.74, 6) is 0. The second kappa shape index (κ2) is 4.91. The Kier molecular flexibility index (Phi) is 4.57. The van der Waals surface area contributed by atoms with E-state index in [1.165, 1.54) is 0 Å². The maximum absolute atomic E-state index is 4.19. The lowest BCUT2D eigenvalue weighted by molar-refractivity contribution is 0.434. The van der Waals surface area contributed by atoms with Crippen LogP contribution in [0.4, 0.5) is 0 Å².